The summed E-state index contributed by atoms with van der Waals surface area (Å²) in [5.74, 6) is 0. The average Bonchev–Trinajstić information content (AvgIpc) is 3.39. The normalized spacial score (nSPS) is 13.9. The summed E-state index contributed by atoms with van der Waals surface area (Å²) in [5, 5.41) is 5.49. The minimum atomic E-state index is 0.149. The van der Waals surface area contributed by atoms with Crippen molar-refractivity contribution < 1.29 is 0 Å². The van der Waals surface area contributed by atoms with Gasteiger partial charge in [0.05, 0.1) is 0 Å². The van der Waals surface area contributed by atoms with Crippen molar-refractivity contribution in [3.63, 3.8) is 0 Å². The number of fused-ring (bicyclic) bond motifs is 6. The van der Waals surface area contributed by atoms with Crippen molar-refractivity contribution >= 4 is 60.6 Å². The Morgan fingerprint density at radius 3 is 1.79 bits per heavy atom. The zero-order valence-corrected chi connectivity index (χ0v) is 26.7. The predicted molar refractivity (Wildman–Crippen MR) is 180 cm³/mol. The maximum atomic E-state index is 2.99. The molecule has 2 unspecified atom stereocenters. The quantitative estimate of drug-likeness (QED) is 0.106. The van der Waals surface area contributed by atoms with Crippen LogP contribution in [0.2, 0.25) is 0 Å². The fourth-order valence-corrected chi connectivity index (χ4v) is 8.70. The van der Waals surface area contributed by atoms with Crippen LogP contribution in [0.15, 0.2) is 48.5 Å². The van der Waals surface area contributed by atoms with Crippen LogP contribution in [0.1, 0.15) is 115 Å². The molecule has 1 aliphatic carbocycles. The van der Waals surface area contributed by atoms with E-state index >= 15 is 0 Å². The van der Waals surface area contributed by atoms with E-state index in [1.54, 1.807) is 11.1 Å². The van der Waals surface area contributed by atoms with Crippen molar-refractivity contribution in [2.45, 2.75) is 109 Å². The first-order valence-corrected chi connectivity index (χ1v) is 17.2. The Bertz CT molecular complexity index is 1370. The van der Waals surface area contributed by atoms with Gasteiger partial charge in [0.1, 0.15) is 0 Å². The Hall–Kier alpha value is -1.26. The summed E-state index contributed by atoms with van der Waals surface area (Å²) in [7, 11) is 5.86. The van der Waals surface area contributed by atoms with E-state index in [-0.39, 0.29) is 5.41 Å². The minimum Gasteiger partial charge on any atom is -0.135 e. The van der Waals surface area contributed by atoms with Gasteiger partial charge in [-0.05, 0) is 63.9 Å². The van der Waals surface area contributed by atoms with Crippen LogP contribution in [0, 0.1) is 0 Å². The van der Waals surface area contributed by atoms with Crippen LogP contribution < -0.4 is 10.6 Å². The highest BCUT2D eigenvalue weighted by Gasteiger charge is 2.42. The van der Waals surface area contributed by atoms with Crippen LogP contribution in [0.4, 0.5) is 0 Å². The molecule has 38 heavy (non-hydrogen) atoms. The van der Waals surface area contributed by atoms with Crippen LogP contribution in [0.5, 0.6) is 0 Å². The first-order valence-electron chi connectivity index (χ1n) is 15.2. The van der Waals surface area contributed by atoms with Gasteiger partial charge in [-0.25, -0.2) is 0 Å². The molecule has 1 aromatic heterocycles. The van der Waals surface area contributed by atoms with E-state index in [9.17, 15) is 0 Å². The fourth-order valence-electron chi connectivity index (χ4n) is 6.87. The SMILES string of the molecule is CCCCCCCCC1(CCCCCCCC)c2cc(P)ccc2-c2cc3sc4cc(P)ccc4c3cc21. The number of benzene rings is 3. The van der Waals surface area contributed by atoms with Gasteiger partial charge < -0.3 is 0 Å². The second-order valence-corrected chi connectivity index (χ2v) is 14.1. The molecule has 0 saturated carbocycles. The van der Waals surface area contributed by atoms with E-state index in [1.807, 2.05) is 11.3 Å². The first kappa shape index (κ1) is 28.3. The summed E-state index contributed by atoms with van der Waals surface area (Å²) in [6, 6.07) is 19.3. The molecule has 4 aromatic rings. The van der Waals surface area contributed by atoms with Crippen LogP contribution in [0.25, 0.3) is 31.3 Å². The van der Waals surface area contributed by atoms with Gasteiger partial charge in [-0.3, -0.25) is 0 Å². The van der Waals surface area contributed by atoms with Crippen LogP contribution in [0.3, 0.4) is 0 Å². The minimum absolute atomic E-state index is 0.149. The first-order chi connectivity index (χ1) is 18.6. The molecular weight excluding hydrogens is 514 g/mol. The Kier molecular flexibility index (Phi) is 9.63. The predicted octanol–water partition coefficient (Wildman–Crippen LogP) is 10.8. The van der Waals surface area contributed by atoms with Gasteiger partial charge in [0.2, 0.25) is 0 Å². The van der Waals surface area contributed by atoms with Crippen molar-refractivity contribution in [2.24, 2.45) is 0 Å². The number of hydrogen-bond acceptors (Lipinski definition) is 1. The monoisotopic (exact) mass is 560 g/mol. The molecule has 0 radical (unpaired) electrons. The Labute approximate surface area is 239 Å². The van der Waals surface area contributed by atoms with Gasteiger partial charge in [-0.2, -0.15) is 0 Å². The molecule has 3 heteroatoms. The summed E-state index contributed by atoms with van der Waals surface area (Å²) < 4.78 is 2.85. The third kappa shape index (κ3) is 5.78. The topological polar surface area (TPSA) is 0 Å². The third-order valence-electron chi connectivity index (χ3n) is 8.91. The number of rotatable bonds is 14. The van der Waals surface area contributed by atoms with E-state index in [0.717, 1.165) is 0 Å². The van der Waals surface area contributed by atoms with Gasteiger partial charge in [-0.1, -0.05) is 121 Å². The maximum Gasteiger partial charge on any atom is 0.0361 e. The van der Waals surface area contributed by atoms with Crippen LogP contribution in [-0.2, 0) is 5.41 Å². The molecular formula is C35H46P2S. The largest absolute Gasteiger partial charge is 0.135 e. The summed E-state index contributed by atoms with van der Waals surface area (Å²) in [6.45, 7) is 4.63. The highest BCUT2D eigenvalue weighted by Crippen LogP contribution is 2.56. The summed E-state index contributed by atoms with van der Waals surface area (Å²) >= 11 is 1.96. The van der Waals surface area contributed by atoms with Gasteiger partial charge in [-0.15, -0.1) is 29.8 Å². The lowest BCUT2D eigenvalue weighted by Crippen LogP contribution is -2.26. The van der Waals surface area contributed by atoms with Crippen LogP contribution in [-0.4, -0.2) is 0 Å². The second kappa shape index (κ2) is 12.9. The Balaban J connectivity index is 1.56. The molecule has 0 spiro atoms. The second-order valence-electron chi connectivity index (χ2n) is 11.7. The maximum absolute atomic E-state index is 2.99. The van der Waals surface area contributed by atoms with Gasteiger partial charge in [0.15, 0.2) is 0 Å². The summed E-state index contributed by atoms with van der Waals surface area (Å²) in [6.07, 6.45) is 18.9. The summed E-state index contributed by atoms with van der Waals surface area (Å²) in [4.78, 5) is 0. The van der Waals surface area contributed by atoms with E-state index in [4.69, 9.17) is 0 Å². The van der Waals surface area contributed by atoms with Gasteiger partial charge in [0, 0.05) is 25.6 Å². The lowest BCUT2D eigenvalue weighted by Gasteiger charge is -2.33. The van der Waals surface area contributed by atoms with Gasteiger partial charge >= 0.3 is 0 Å². The van der Waals surface area contributed by atoms with Crippen LogP contribution >= 0.6 is 29.8 Å². The van der Waals surface area contributed by atoms with E-state index in [2.05, 4.69) is 80.9 Å². The van der Waals surface area contributed by atoms with Crippen molar-refractivity contribution in [1.29, 1.82) is 0 Å². The highest BCUT2D eigenvalue weighted by atomic mass is 32.1. The van der Waals surface area contributed by atoms with E-state index in [1.165, 1.54) is 132 Å². The third-order valence-corrected chi connectivity index (χ3v) is 10.7. The Morgan fingerprint density at radius 2 is 1.11 bits per heavy atom. The molecule has 0 N–H and O–H groups in total. The molecule has 0 saturated heterocycles. The molecule has 0 fully saturated rings. The number of unbranched alkanes of at least 4 members (excludes halogenated alkanes) is 10. The van der Waals surface area contributed by atoms with Crippen molar-refractivity contribution in [3.8, 4) is 11.1 Å². The van der Waals surface area contributed by atoms with E-state index in [0.29, 0.717) is 0 Å². The standard InChI is InChI=1S/C35H46P2S/c1-3-5-7-9-11-13-19-35(20-14-12-10-8-6-4-2)31-21-25(36)15-17-27(31)29-24-34-30(23-32(29)35)28-18-16-26(37)22-33(28)38-34/h15-18,21-24H,3-14,19-20,36-37H2,1-2H3. The number of thiophene rings is 1. The molecule has 5 rings (SSSR count). The molecule has 0 amide bonds. The summed E-state index contributed by atoms with van der Waals surface area (Å²) in [5.41, 5.74) is 6.38. The molecule has 0 bridgehead atoms. The van der Waals surface area contributed by atoms with E-state index < -0.39 is 0 Å². The molecule has 2 atom stereocenters. The zero-order valence-electron chi connectivity index (χ0n) is 23.6. The van der Waals surface area contributed by atoms with Crippen molar-refractivity contribution in [2.75, 3.05) is 0 Å². The van der Waals surface area contributed by atoms with Gasteiger partial charge in [0.25, 0.3) is 0 Å². The highest BCUT2D eigenvalue weighted by molar-refractivity contribution is 7.28. The Morgan fingerprint density at radius 1 is 0.553 bits per heavy atom. The molecule has 0 nitrogen and oxygen atoms in total. The molecule has 1 aliphatic rings. The zero-order chi connectivity index (χ0) is 26.5. The fraction of sp³-hybridized carbons (Fsp3) is 0.486. The average molecular weight is 561 g/mol. The lowest BCUT2D eigenvalue weighted by atomic mass is 9.70. The number of hydrogen-bond donors (Lipinski definition) is 0. The molecule has 0 aliphatic heterocycles. The lowest BCUT2D eigenvalue weighted by molar-refractivity contribution is 0.398. The van der Waals surface area contributed by atoms with Crippen molar-refractivity contribution in [3.05, 3.63) is 59.7 Å². The molecule has 3 aromatic carbocycles. The smallest absolute Gasteiger partial charge is 0.0361 e. The molecule has 202 valence electrons. The van der Waals surface area contributed by atoms with Crippen molar-refractivity contribution in [1.82, 2.24) is 0 Å². The molecule has 1 heterocycles.